The SMILES string of the molecule is O=C(O)c1ccc2c(c1)OC(c1ccc(O)c(C34CC5CC(CC(C5)C3)C4)c1)C=C2. The standard InChI is InChI=1S/C26H26O4/c27-22-5-3-19(23-6-4-18-1-2-20(25(28)29)11-24(18)30-23)10-21(22)26-12-15-7-16(13-26)9-17(8-15)14-26/h1-6,10-11,15-17,23,27H,7-9,12-14H2,(H,28,29). The first-order chi connectivity index (χ1) is 14.5. The number of carboxylic acid groups (broad SMARTS) is 1. The van der Waals surface area contributed by atoms with Crippen LogP contribution in [-0.2, 0) is 5.41 Å². The van der Waals surface area contributed by atoms with E-state index in [1.54, 1.807) is 18.2 Å². The third kappa shape index (κ3) is 2.77. The zero-order valence-corrected chi connectivity index (χ0v) is 16.9. The van der Waals surface area contributed by atoms with Gasteiger partial charge in [0.1, 0.15) is 17.6 Å². The molecule has 4 bridgehead atoms. The number of aromatic carboxylic acids is 1. The van der Waals surface area contributed by atoms with Crippen LogP contribution in [0.4, 0.5) is 0 Å². The molecule has 7 rings (SSSR count). The van der Waals surface area contributed by atoms with Gasteiger partial charge in [-0.25, -0.2) is 4.79 Å². The van der Waals surface area contributed by atoms with Gasteiger partial charge in [0.15, 0.2) is 0 Å². The molecule has 0 saturated heterocycles. The highest BCUT2D eigenvalue weighted by Crippen LogP contribution is 2.62. The Labute approximate surface area is 176 Å². The molecular formula is C26H26O4. The van der Waals surface area contributed by atoms with Gasteiger partial charge in [-0.2, -0.15) is 0 Å². The first-order valence-corrected chi connectivity index (χ1v) is 11.0. The number of carbonyl (C=O) groups is 1. The summed E-state index contributed by atoms with van der Waals surface area (Å²) in [6.07, 6.45) is 11.4. The van der Waals surface area contributed by atoms with Crippen molar-refractivity contribution in [2.75, 3.05) is 0 Å². The number of phenolic OH excluding ortho intramolecular Hbond substituents is 1. The molecule has 2 N–H and O–H groups in total. The van der Waals surface area contributed by atoms with Crippen LogP contribution in [0.15, 0.2) is 42.5 Å². The van der Waals surface area contributed by atoms with Crippen LogP contribution in [-0.4, -0.2) is 16.2 Å². The van der Waals surface area contributed by atoms with Gasteiger partial charge < -0.3 is 14.9 Å². The molecular weight excluding hydrogens is 376 g/mol. The fourth-order valence-corrected chi connectivity index (χ4v) is 7.05. The Morgan fingerprint density at radius 1 is 0.967 bits per heavy atom. The quantitative estimate of drug-likeness (QED) is 0.691. The number of benzene rings is 2. The minimum absolute atomic E-state index is 0.113. The molecule has 5 aliphatic rings. The van der Waals surface area contributed by atoms with Crippen molar-refractivity contribution in [1.29, 1.82) is 0 Å². The summed E-state index contributed by atoms with van der Waals surface area (Å²) in [5.41, 5.74) is 3.34. The fourth-order valence-electron chi connectivity index (χ4n) is 7.05. The number of carboxylic acids is 1. The minimum atomic E-state index is -0.957. The summed E-state index contributed by atoms with van der Waals surface area (Å²) >= 11 is 0. The molecule has 4 aliphatic carbocycles. The number of fused-ring (bicyclic) bond motifs is 1. The summed E-state index contributed by atoms with van der Waals surface area (Å²) in [5, 5.41) is 20.1. The van der Waals surface area contributed by atoms with E-state index in [2.05, 4.69) is 6.07 Å². The molecule has 4 heteroatoms. The van der Waals surface area contributed by atoms with Crippen molar-refractivity contribution >= 4 is 12.0 Å². The van der Waals surface area contributed by atoms with Crippen molar-refractivity contribution in [3.63, 3.8) is 0 Å². The maximum absolute atomic E-state index is 11.3. The molecule has 4 nitrogen and oxygen atoms in total. The largest absolute Gasteiger partial charge is 0.508 e. The molecule has 4 fully saturated rings. The van der Waals surface area contributed by atoms with Gasteiger partial charge in [-0.15, -0.1) is 0 Å². The Morgan fingerprint density at radius 3 is 2.33 bits per heavy atom. The van der Waals surface area contributed by atoms with E-state index in [4.69, 9.17) is 4.74 Å². The number of hydrogen-bond acceptors (Lipinski definition) is 3. The molecule has 154 valence electrons. The van der Waals surface area contributed by atoms with Gasteiger partial charge in [-0.05, 0) is 97.6 Å². The van der Waals surface area contributed by atoms with Crippen molar-refractivity contribution in [3.8, 4) is 11.5 Å². The average Bonchev–Trinajstić information content (AvgIpc) is 2.72. The molecule has 0 aromatic heterocycles. The predicted octanol–water partition coefficient (Wildman–Crippen LogP) is 5.71. The number of phenols is 1. The number of hydrogen-bond donors (Lipinski definition) is 2. The van der Waals surface area contributed by atoms with Crippen LogP contribution in [0.2, 0.25) is 0 Å². The molecule has 0 radical (unpaired) electrons. The second-order valence-corrected chi connectivity index (χ2v) is 9.93. The third-order valence-corrected chi connectivity index (χ3v) is 7.92. The highest BCUT2D eigenvalue weighted by atomic mass is 16.5. The van der Waals surface area contributed by atoms with Gasteiger partial charge in [0.05, 0.1) is 5.56 Å². The van der Waals surface area contributed by atoms with E-state index in [0.717, 1.165) is 34.4 Å². The summed E-state index contributed by atoms with van der Waals surface area (Å²) < 4.78 is 6.19. The van der Waals surface area contributed by atoms with E-state index >= 15 is 0 Å². The van der Waals surface area contributed by atoms with Crippen molar-refractivity contribution in [2.45, 2.75) is 50.0 Å². The topological polar surface area (TPSA) is 66.8 Å². The highest BCUT2D eigenvalue weighted by Gasteiger charge is 2.52. The fraction of sp³-hybridized carbons (Fsp3) is 0.423. The maximum atomic E-state index is 11.3. The van der Waals surface area contributed by atoms with E-state index in [1.807, 2.05) is 24.3 Å². The van der Waals surface area contributed by atoms with Gasteiger partial charge in [0.25, 0.3) is 0 Å². The number of rotatable bonds is 3. The van der Waals surface area contributed by atoms with Crippen LogP contribution in [0, 0.1) is 17.8 Å². The van der Waals surface area contributed by atoms with Crippen LogP contribution < -0.4 is 4.74 Å². The number of aromatic hydroxyl groups is 1. The monoisotopic (exact) mass is 402 g/mol. The molecule has 1 unspecified atom stereocenters. The van der Waals surface area contributed by atoms with Crippen molar-refractivity contribution in [2.24, 2.45) is 17.8 Å². The predicted molar refractivity (Wildman–Crippen MR) is 114 cm³/mol. The lowest BCUT2D eigenvalue weighted by Gasteiger charge is -2.57. The molecule has 4 saturated carbocycles. The average molecular weight is 402 g/mol. The third-order valence-electron chi connectivity index (χ3n) is 7.92. The molecule has 1 atom stereocenters. The van der Waals surface area contributed by atoms with Crippen molar-refractivity contribution in [3.05, 3.63) is 64.7 Å². The van der Waals surface area contributed by atoms with E-state index in [1.165, 1.54) is 38.5 Å². The van der Waals surface area contributed by atoms with Crippen LogP contribution in [0.5, 0.6) is 11.5 Å². The van der Waals surface area contributed by atoms with Gasteiger partial charge >= 0.3 is 5.97 Å². The Morgan fingerprint density at radius 2 is 1.67 bits per heavy atom. The zero-order valence-electron chi connectivity index (χ0n) is 16.9. The lowest BCUT2D eigenvalue weighted by molar-refractivity contribution is -0.00620. The van der Waals surface area contributed by atoms with Gasteiger partial charge in [-0.3, -0.25) is 0 Å². The first kappa shape index (κ1) is 18.1. The Kier molecular flexibility index (Phi) is 3.83. The lowest BCUT2D eigenvalue weighted by Crippen LogP contribution is -2.48. The maximum Gasteiger partial charge on any atom is 0.335 e. The summed E-state index contributed by atoms with van der Waals surface area (Å²) in [6, 6.07) is 10.9. The molecule has 0 spiro atoms. The Balaban J connectivity index is 1.35. The minimum Gasteiger partial charge on any atom is -0.508 e. The van der Waals surface area contributed by atoms with Crippen LogP contribution in [0.3, 0.4) is 0 Å². The van der Waals surface area contributed by atoms with Crippen molar-refractivity contribution in [1.82, 2.24) is 0 Å². The van der Waals surface area contributed by atoms with Crippen LogP contribution in [0.1, 0.15) is 71.7 Å². The number of ether oxygens (including phenoxy) is 1. The molecule has 2 aromatic carbocycles. The second-order valence-electron chi connectivity index (χ2n) is 9.93. The summed E-state index contributed by atoms with van der Waals surface area (Å²) in [4.78, 5) is 11.3. The molecule has 1 aliphatic heterocycles. The summed E-state index contributed by atoms with van der Waals surface area (Å²) in [5.74, 6) is 2.48. The lowest BCUT2D eigenvalue weighted by atomic mass is 9.48. The molecule has 30 heavy (non-hydrogen) atoms. The smallest absolute Gasteiger partial charge is 0.335 e. The second kappa shape index (κ2) is 6.37. The normalized spacial score (nSPS) is 33.2. The van der Waals surface area contributed by atoms with E-state index in [9.17, 15) is 15.0 Å². The Hall–Kier alpha value is -2.75. The highest BCUT2D eigenvalue weighted by molar-refractivity contribution is 5.88. The summed E-state index contributed by atoms with van der Waals surface area (Å²) in [7, 11) is 0. The van der Waals surface area contributed by atoms with E-state index < -0.39 is 5.97 Å². The molecule has 2 aromatic rings. The molecule has 0 amide bonds. The van der Waals surface area contributed by atoms with Gasteiger partial charge in [0.2, 0.25) is 0 Å². The Bertz CT molecular complexity index is 1030. The van der Waals surface area contributed by atoms with Gasteiger partial charge in [-0.1, -0.05) is 18.2 Å². The molecule has 1 heterocycles. The van der Waals surface area contributed by atoms with Crippen LogP contribution in [0.25, 0.3) is 6.08 Å². The zero-order chi connectivity index (χ0) is 20.5. The summed E-state index contributed by atoms with van der Waals surface area (Å²) in [6.45, 7) is 0. The van der Waals surface area contributed by atoms with E-state index in [0.29, 0.717) is 11.5 Å². The van der Waals surface area contributed by atoms with E-state index in [-0.39, 0.29) is 17.1 Å². The van der Waals surface area contributed by atoms with Crippen molar-refractivity contribution < 1.29 is 19.7 Å². The van der Waals surface area contributed by atoms with Gasteiger partial charge in [0, 0.05) is 11.1 Å². The van der Waals surface area contributed by atoms with Crippen LogP contribution >= 0.6 is 0 Å². The first-order valence-electron chi connectivity index (χ1n) is 11.0.